The van der Waals surface area contributed by atoms with E-state index < -0.39 is 17.1 Å². The largest absolute Gasteiger partial charge is 0.330 e. The Morgan fingerprint density at radius 2 is 1.72 bits per heavy atom. The number of rotatable bonds is 4. The predicted octanol–water partition coefficient (Wildman–Crippen LogP) is 3.63. The SMILES string of the molecule is NCC1(c2ccc(SC(F)F)cc2)CC(F)(F)C1. The van der Waals surface area contributed by atoms with Crippen molar-refractivity contribution in [3.63, 3.8) is 0 Å². The summed E-state index contributed by atoms with van der Waals surface area (Å²) in [6, 6.07) is 6.29. The van der Waals surface area contributed by atoms with Crippen molar-refractivity contribution in [1.82, 2.24) is 0 Å². The monoisotopic (exact) mass is 279 g/mol. The highest BCUT2D eigenvalue weighted by atomic mass is 32.2. The average molecular weight is 279 g/mol. The Bertz CT molecular complexity index is 411. The molecule has 1 aliphatic rings. The molecule has 0 spiro atoms. The first-order chi connectivity index (χ1) is 8.37. The third kappa shape index (κ3) is 2.64. The van der Waals surface area contributed by atoms with Crippen LogP contribution in [0.5, 0.6) is 0 Å². The molecule has 1 fully saturated rings. The van der Waals surface area contributed by atoms with Gasteiger partial charge in [-0.2, -0.15) is 8.78 Å². The summed E-state index contributed by atoms with van der Waals surface area (Å²) in [7, 11) is 0. The minimum Gasteiger partial charge on any atom is -0.330 e. The number of hydrogen-bond donors (Lipinski definition) is 1. The molecule has 1 aromatic carbocycles. The molecule has 2 rings (SSSR count). The van der Waals surface area contributed by atoms with E-state index in [9.17, 15) is 17.6 Å². The molecule has 100 valence electrons. The molecule has 0 heterocycles. The Morgan fingerprint density at radius 1 is 1.17 bits per heavy atom. The second kappa shape index (κ2) is 4.74. The molecule has 2 N–H and O–H groups in total. The Hall–Kier alpha value is -0.750. The Morgan fingerprint density at radius 3 is 2.11 bits per heavy atom. The number of halogens is 4. The van der Waals surface area contributed by atoms with E-state index >= 15 is 0 Å². The third-order valence-electron chi connectivity index (χ3n) is 3.28. The lowest BCUT2D eigenvalue weighted by Crippen LogP contribution is -2.53. The summed E-state index contributed by atoms with van der Waals surface area (Å²) in [6.45, 7) is 0.143. The van der Waals surface area contributed by atoms with E-state index in [1.165, 1.54) is 12.1 Å². The van der Waals surface area contributed by atoms with Crippen LogP contribution in [-0.4, -0.2) is 18.2 Å². The summed E-state index contributed by atoms with van der Waals surface area (Å²) in [4.78, 5) is 0.423. The number of benzene rings is 1. The number of nitrogens with two attached hydrogens (primary N) is 1. The molecule has 1 saturated carbocycles. The Kier molecular flexibility index (Phi) is 3.60. The van der Waals surface area contributed by atoms with Crippen molar-refractivity contribution >= 4 is 11.8 Å². The van der Waals surface area contributed by atoms with E-state index in [2.05, 4.69) is 0 Å². The van der Waals surface area contributed by atoms with Gasteiger partial charge in [0, 0.05) is 29.7 Å². The van der Waals surface area contributed by atoms with Crippen molar-refractivity contribution in [2.24, 2.45) is 5.73 Å². The van der Waals surface area contributed by atoms with Gasteiger partial charge in [0.2, 0.25) is 5.92 Å². The third-order valence-corrected chi connectivity index (χ3v) is 4.00. The van der Waals surface area contributed by atoms with Crippen LogP contribution < -0.4 is 5.73 Å². The molecule has 0 aromatic heterocycles. The van der Waals surface area contributed by atoms with Crippen LogP contribution >= 0.6 is 11.8 Å². The van der Waals surface area contributed by atoms with Gasteiger partial charge in [-0.3, -0.25) is 0 Å². The quantitative estimate of drug-likeness (QED) is 0.673. The molecule has 0 saturated heterocycles. The lowest BCUT2D eigenvalue weighted by Gasteiger charge is -2.47. The van der Waals surface area contributed by atoms with Gasteiger partial charge in [-0.05, 0) is 17.7 Å². The number of alkyl halides is 4. The highest BCUT2D eigenvalue weighted by molar-refractivity contribution is 7.99. The molecule has 6 heteroatoms. The zero-order chi connectivity index (χ0) is 13.4. The number of thioether (sulfide) groups is 1. The molecule has 0 unspecified atom stereocenters. The summed E-state index contributed by atoms with van der Waals surface area (Å²) in [6.07, 6.45) is -0.532. The highest BCUT2D eigenvalue weighted by Crippen LogP contribution is 2.52. The molecule has 0 aliphatic heterocycles. The summed E-state index contributed by atoms with van der Waals surface area (Å²) in [5.74, 6) is -5.14. The van der Waals surface area contributed by atoms with E-state index in [0.29, 0.717) is 22.2 Å². The molecular formula is C12H13F4NS. The minimum atomic E-state index is -2.66. The predicted molar refractivity (Wildman–Crippen MR) is 63.2 cm³/mol. The van der Waals surface area contributed by atoms with Gasteiger partial charge < -0.3 is 5.73 Å². The molecule has 1 aliphatic carbocycles. The fourth-order valence-corrected chi connectivity index (χ4v) is 2.89. The van der Waals surface area contributed by atoms with Gasteiger partial charge in [-0.25, -0.2) is 8.78 Å². The first-order valence-corrected chi connectivity index (χ1v) is 6.38. The van der Waals surface area contributed by atoms with Crippen LogP contribution in [0.4, 0.5) is 17.6 Å². The molecule has 1 aromatic rings. The van der Waals surface area contributed by atoms with Gasteiger partial charge in [-0.1, -0.05) is 23.9 Å². The molecular weight excluding hydrogens is 266 g/mol. The van der Waals surface area contributed by atoms with Crippen molar-refractivity contribution in [2.75, 3.05) is 6.54 Å². The van der Waals surface area contributed by atoms with E-state index in [1.807, 2.05) is 0 Å². The fraction of sp³-hybridized carbons (Fsp3) is 0.500. The molecule has 18 heavy (non-hydrogen) atoms. The van der Waals surface area contributed by atoms with Crippen LogP contribution in [0.25, 0.3) is 0 Å². The van der Waals surface area contributed by atoms with Crippen LogP contribution in [0, 0.1) is 0 Å². The second-order valence-corrected chi connectivity index (χ2v) is 5.66. The van der Waals surface area contributed by atoms with Crippen LogP contribution in [-0.2, 0) is 5.41 Å². The van der Waals surface area contributed by atoms with E-state index in [0.717, 1.165) is 0 Å². The normalized spacial score (nSPS) is 20.8. The molecule has 0 radical (unpaired) electrons. The van der Waals surface area contributed by atoms with Crippen molar-refractivity contribution in [3.8, 4) is 0 Å². The maximum Gasteiger partial charge on any atom is 0.288 e. The van der Waals surface area contributed by atoms with E-state index in [1.54, 1.807) is 12.1 Å². The lowest BCUT2D eigenvalue weighted by atomic mass is 9.62. The van der Waals surface area contributed by atoms with Crippen molar-refractivity contribution in [1.29, 1.82) is 0 Å². The molecule has 0 atom stereocenters. The van der Waals surface area contributed by atoms with Gasteiger partial charge >= 0.3 is 0 Å². The van der Waals surface area contributed by atoms with Gasteiger partial charge in [-0.15, -0.1) is 0 Å². The van der Waals surface area contributed by atoms with Gasteiger partial charge in [0.25, 0.3) is 5.76 Å². The standard InChI is InChI=1S/C12H13F4NS/c13-10(14)18-9-3-1-8(2-4-9)11(7-17)5-12(15,16)6-11/h1-4,10H,5-7,17H2. The highest BCUT2D eigenvalue weighted by Gasteiger charge is 2.56. The number of hydrogen-bond acceptors (Lipinski definition) is 2. The first-order valence-electron chi connectivity index (χ1n) is 5.50. The average Bonchev–Trinajstić information content (AvgIpc) is 2.25. The lowest BCUT2D eigenvalue weighted by molar-refractivity contribution is -0.123. The minimum absolute atomic E-state index is 0.143. The maximum absolute atomic E-state index is 13.0. The first kappa shape index (κ1) is 13.7. The fourth-order valence-electron chi connectivity index (χ4n) is 2.39. The summed E-state index contributed by atoms with van der Waals surface area (Å²) in [5, 5.41) is 0. The van der Waals surface area contributed by atoms with Crippen LogP contribution in [0.2, 0.25) is 0 Å². The Labute approximate surface area is 107 Å². The van der Waals surface area contributed by atoms with Crippen LogP contribution in [0.1, 0.15) is 18.4 Å². The van der Waals surface area contributed by atoms with Gasteiger partial charge in [0.1, 0.15) is 0 Å². The Balaban J connectivity index is 2.14. The van der Waals surface area contributed by atoms with Gasteiger partial charge in [0.15, 0.2) is 0 Å². The topological polar surface area (TPSA) is 26.0 Å². The second-order valence-electron chi connectivity index (χ2n) is 4.60. The van der Waals surface area contributed by atoms with Crippen molar-refractivity contribution in [2.45, 2.75) is 34.8 Å². The summed E-state index contributed by atoms with van der Waals surface area (Å²) in [5.41, 5.74) is 5.59. The van der Waals surface area contributed by atoms with E-state index in [4.69, 9.17) is 5.73 Å². The maximum atomic E-state index is 13.0. The summed E-state index contributed by atoms with van der Waals surface area (Å²) < 4.78 is 50.3. The summed E-state index contributed by atoms with van der Waals surface area (Å²) >= 11 is 0.438. The molecule has 0 bridgehead atoms. The van der Waals surface area contributed by atoms with Crippen LogP contribution in [0.3, 0.4) is 0 Å². The van der Waals surface area contributed by atoms with Crippen molar-refractivity contribution < 1.29 is 17.6 Å². The van der Waals surface area contributed by atoms with Crippen molar-refractivity contribution in [3.05, 3.63) is 29.8 Å². The molecule has 0 amide bonds. The smallest absolute Gasteiger partial charge is 0.288 e. The van der Waals surface area contributed by atoms with E-state index in [-0.39, 0.29) is 19.4 Å². The zero-order valence-corrected chi connectivity index (χ0v) is 10.3. The van der Waals surface area contributed by atoms with Crippen LogP contribution in [0.15, 0.2) is 29.2 Å². The van der Waals surface area contributed by atoms with Gasteiger partial charge in [0.05, 0.1) is 0 Å². The zero-order valence-electron chi connectivity index (χ0n) is 9.51. The molecule has 1 nitrogen and oxygen atoms in total.